The minimum absolute atomic E-state index is 0.0322. The van der Waals surface area contributed by atoms with Gasteiger partial charge >= 0.3 is 18.2 Å². The Balaban J connectivity index is 0.000000251. The number of likely N-dealkylation sites (tertiary alicyclic amines) is 2. The summed E-state index contributed by atoms with van der Waals surface area (Å²) in [5.74, 6) is -1.40. The van der Waals surface area contributed by atoms with Crippen LogP contribution in [0.5, 0.6) is 0 Å². The van der Waals surface area contributed by atoms with Crippen molar-refractivity contribution in [2.45, 2.75) is 229 Å². The molecule has 1 unspecified atom stereocenters. The van der Waals surface area contributed by atoms with Gasteiger partial charge in [-0.2, -0.15) is 0 Å². The molecule has 7 fully saturated rings. The summed E-state index contributed by atoms with van der Waals surface area (Å²) in [6.07, 6.45) is 2.23. The maximum Gasteiger partial charge on any atom is 0.408 e. The van der Waals surface area contributed by atoms with Crippen LogP contribution >= 0.6 is 0 Å². The van der Waals surface area contributed by atoms with Crippen LogP contribution in [0.2, 0.25) is 0 Å². The van der Waals surface area contributed by atoms with Crippen molar-refractivity contribution in [2.75, 3.05) is 13.1 Å². The number of piperidine rings is 2. The van der Waals surface area contributed by atoms with Gasteiger partial charge in [0.1, 0.15) is 41.7 Å². The van der Waals surface area contributed by atoms with Crippen molar-refractivity contribution in [2.24, 2.45) is 57.2 Å². The Bertz CT molecular complexity index is 2270. The highest BCUT2D eigenvalue weighted by Crippen LogP contribution is 2.66. The molecule has 0 aromatic rings. The molecule has 0 radical (unpaired) electrons. The number of nitrogens with zero attached hydrogens (tertiary/aromatic N) is 2. The summed E-state index contributed by atoms with van der Waals surface area (Å²) < 4.78 is 16.4. The van der Waals surface area contributed by atoms with Gasteiger partial charge in [0.15, 0.2) is 0 Å². The van der Waals surface area contributed by atoms with Crippen molar-refractivity contribution >= 4 is 54.0 Å². The third-order valence-corrected chi connectivity index (χ3v) is 16.8. The predicted molar refractivity (Wildman–Crippen MR) is 279 cm³/mol. The Morgan fingerprint density at radius 2 is 0.987 bits per heavy atom. The molecule has 9 atom stereocenters. The molecule has 5 saturated carbocycles. The molecule has 5 N–H and O–H groups in total. The van der Waals surface area contributed by atoms with E-state index in [1.807, 2.05) is 48.5 Å². The van der Waals surface area contributed by atoms with E-state index < -0.39 is 87.4 Å². The Morgan fingerprint density at radius 3 is 1.31 bits per heavy atom. The second kappa shape index (κ2) is 20.1. The van der Waals surface area contributed by atoms with Crippen LogP contribution in [-0.2, 0) is 47.8 Å². The third-order valence-electron chi connectivity index (χ3n) is 16.8. The van der Waals surface area contributed by atoms with Gasteiger partial charge in [-0.15, -0.1) is 0 Å². The molecule has 19 nitrogen and oxygen atoms in total. The van der Waals surface area contributed by atoms with Crippen LogP contribution in [0.1, 0.15) is 170 Å². The van der Waals surface area contributed by atoms with Crippen LogP contribution in [0.4, 0.5) is 9.59 Å². The largest absolute Gasteiger partial charge is 0.450 e. The average molecular weight is 1050 g/mol. The fraction of sp³-hybridized carbons (Fsp3) is 0.839. The van der Waals surface area contributed by atoms with E-state index in [-0.39, 0.29) is 70.1 Å². The zero-order valence-corrected chi connectivity index (χ0v) is 48.5. The normalized spacial score (nSPS) is 32.0. The Hall–Kier alpha value is -4.97. The molecule has 0 spiro atoms. The molecule has 7 amide bonds. The van der Waals surface area contributed by atoms with E-state index in [4.69, 9.17) is 14.2 Å². The fourth-order valence-corrected chi connectivity index (χ4v) is 12.8. The minimum atomic E-state index is -1.17. The number of alkyl carbamates (subject to hydrolysis) is 2. The first-order chi connectivity index (χ1) is 34.1. The molecular formula is C56H91N7O12. The molecule has 5 aliphatic carbocycles. The number of carbonyl (C=O) groups is 9. The first-order valence-electron chi connectivity index (χ1n) is 27.3. The van der Waals surface area contributed by atoms with Gasteiger partial charge in [0.05, 0.1) is 11.1 Å². The number of amides is 7. The van der Waals surface area contributed by atoms with Gasteiger partial charge in [0, 0.05) is 26.1 Å². The van der Waals surface area contributed by atoms with E-state index >= 15 is 0 Å². The fourth-order valence-electron chi connectivity index (χ4n) is 12.8. The highest BCUT2D eigenvalue weighted by atomic mass is 16.6. The second-order valence-corrected chi connectivity index (χ2v) is 28.9. The van der Waals surface area contributed by atoms with Crippen molar-refractivity contribution in [3.63, 3.8) is 0 Å². The highest BCUT2D eigenvalue weighted by Gasteiger charge is 2.72. The summed E-state index contributed by atoms with van der Waals surface area (Å²) >= 11 is 0. The van der Waals surface area contributed by atoms with Crippen molar-refractivity contribution in [3.8, 4) is 0 Å². The number of fused-ring (bicyclic) bond motifs is 2. The molecule has 0 bridgehead atoms. The van der Waals surface area contributed by atoms with Gasteiger partial charge in [-0.25, -0.2) is 9.59 Å². The minimum Gasteiger partial charge on any atom is -0.450 e. The van der Waals surface area contributed by atoms with Crippen molar-refractivity contribution < 1.29 is 57.4 Å². The summed E-state index contributed by atoms with van der Waals surface area (Å²) in [6, 6.07) is -3.18. The molecule has 19 heteroatoms. The summed E-state index contributed by atoms with van der Waals surface area (Å²) in [5.41, 5.74) is -4.78. The van der Waals surface area contributed by atoms with Gasteiger partial charge in [-0.1, -0.05) is 83.1 Å². The summed E-state index contributed by atoms with van der Waals surface area (Å²) in [7, 11) is 0. The van der Waals surface area contributed by atoms with Gasteiger partial charge in [0.25, 0.3) is 5.91 Å². The zero-order chi connectivity index (χ0) is 56.7. The standard InChI is InChI=1S/C31H50N4O7.C25H41N3O5/c1-16-13-31(14-16,23(41-17(2)36)25(38)32-18-11-12-18)34-24(37)21-20-19(30(20,9)10)15-35(21)26(39)22(28(3,4)5)33-27(40)42-29(6,7)8;1-14-10-25(11-14,13-29)27-19(30)17-16-15(24(16,8)9)12-28(17)20(31)18(22(2,3)4)26-21(32)33-23(5,6)7/h16,18-23H,11-15H2,1-10H3,(H,32,38)(H,33,40)(H,34,37);13-18H,10-12H2,1-9H3,(H,26,32)(H,27,30)/t16?,19-,20-,21-,22+,23?,31?;14?,15-,16-,17-,18+,25?/m00/s1. The first-order valence-corrected chi connectivity index (χ1v) is 27.3. The molecule has 7 aliphatic rings. The van der Waals surface area contributed by atoms with Gasteiger partial charge < -0.3 is 55.4 Å². The summed E-state index contributed by atoms with van der Waals surface area (Å²) in [4.78, 5) is 121. The van der Waals surface area contributed by atoms with Crippen LogP contribution in [0.15, 0.2) is 0 Å². The maximum atomic E-state index is 14.2. The first kappa shape index (κ1) is 59.3. The lowest BCUT2D eigenvalue weighted by Gasteiger charge is -2.50. The predicted octanol–water partition coefficient (Wildman–Crippen LogP) is 5.80. The van der Waals surface area contributed by atoms with E-state index in [1.165, 1.54) is 6.92 Å². The maximum absolute atomic E-state index is 14.2. The molecule has 2 heterocycles. The van der Waals surface area contributed by atoms with E-state index in [2.05, 4.69) is 61.2 Å². The zero-order valence-electron chi connectivity index (χ0n) is 48.5. The van der Waals surface area contributed by atoms with Crippen molar-refractivity contribution in [1.82, 2.24) is 36.4 Å². The lowest BCUT2D eigenvalue weighted by molar-refractivity contribution is -0.167. The van der Waals surface area contributed by atoms with E-state index in [0.717, 1.165) is 19.1 Å². The number of rotatable bonds is 13. The van der Waals surface area contributed by atoms with Crippen molar-refractivity contribution in [3.05, 3.63) is 0 Å². The van der Waals surface area contributed by atoms with Crippen LogP contribution in [0.25, 0.3) is 0 Å². The van der Waals surface area contributed by atoms with Crippen LogP contribution in [-0.4, -0.2) is 135 Å². The number of hydrogen-bond acceptors (Lipinski definition) is 12. The van der Waals surface area contributed by atoms with E-state index in [9.17, 15) is 43.2 Å². The summed E-state index contributed by atoms with van der Waals surface area (Å²) in [5, 5.41) is 14.5. The molecule has 0 aromatic heterocycles. The number of esters is 1. The molecule has 2 aliphatic heterocycles. The Labute approximate surface area is 445 Å². The quantitative estimate of drug-likeness (QED) is 0.0835. The van der Waals surface area contributed by atoms with Gasteiger partial charge in [-0.05, 0) is 137 Å². The number of ether oxygens (including phenoxy) is 3. The van der Waals surface area contributed by atoms with E-state index in [1.54, 1.807) is 51.3 Å². The smallest absolute Gasteiger partial charge is 0.408 e. The number of hydrogen-bond donors (Lipinski definition) is 5. The van der Waals surface area contributed by atoms with E-state index in [0.29, 0.717) is 44.7 Å². The molecule has 2 saturated heterocycles. The van der Waals surface area contributed by atoms with Crippen LogP contribution in [0.3, 0.4) is 0 Å². The summed E-state index contributed by atoms with van der Waals surface area (Å²) in [6.45, 7) is 36.3. The number of nitrogens with one attached hydrogen (secondary N) is 5. The SMILES string of the molecule is CC(=O)OC(C(=O)NC1CC1)C1(NC(=O)[C@@H]2[C@@H]3[C@H](CN2C(=O)[C@@H](NC(=O)OC(C)(C)C)C(C)(C)C)C3(C)C)CC(C)C1.CC1CC(C=O)(NC(=O)[C@@H]2[C@@H]3[C@H](CN2C(=O)[C@@H](NC(=O)OC(C)(C)C)C(C)(C)C)C3(C)C)C1. The molecular weight excluding hydrogens is 963 g/mol. The third kappa shape index (κ3) is 12.9. The Kier molecular flexibility index (Phi) is 15.9. The van der Waals surface area contributed by atoms with Crippen molar-refractivity contribution in [1.29, 1.82) is 0 Å². The Morgan fingerprint density at radius 1 is 0.600 bits per heavy atom. The molecule has 7 rings (SSSR count). The average Bonchev–Trinajstić information content (AvgIpc) is 4.09. The number of aldehydes is 1. The highest BCUT2D eigenvalue weighted by molar-refractivity contribution is 5.96. The molecule has 422 valence electrons. The topological polar surface area (TPSA) is 248 Å². The van der Waals surface area contributed by atoms with Crippen LogP contribution in [0, 0.1) is 57.2 Å². The monoisotopic (exact) mass is 1050 g/mol. The molecule has 75 heavy (non-hydrogen) atoms. The van der Waals surface area contributed by atoms with Gasteiger partial charge in [-0.3, -0.25) is 28.8 Å². The number of carbonyl (C=O) groups excluding carboxylic acids is 9. The van der Waals surface area contributed by atoms with Gasteiger partial charge in [0.2, 0.25) is 29.7 Å². The lowest BCUT2D eigenvalue weighted by Crippen LogP contribution is -2.70. The lowest BCUT2D eigenvalue weighted by atomic mass is 9.65. The second-order valence-electron chi connectivity index (χ2n) is 28.9. The molecule has 0 aromatic carbocycles. The van der Waals surface area contributed by atoms with Crippen LogP contribution < -0.4 is 26.6 Å².